The molecule has 0 spiro atoms. The minimum absolute atomic E-state index is 0.0652. The van der Waals surface area contributed by atoms with Crippen LogP contribution in [0, 0.1) is 51.8 Å². The van der Waals surface area contributed by atoms with Crippen molar-refractivity contribution >= 4 is 11.6 Å². The van der Waals surface area contributed by atoms with Crippen molar-refractivity contribution < 1.29 is 4.79 Å². The third-order valence-electron chi connectivity index (χ3n) is 11.3. The number of fused-ring (bicyclic) bond motifs is 5. The number of hydrogen-bond donors (Lipinski definition) is 1. The molecule has 1 N–H and O–H groups in total. The van der Waals surface area contributed by atoms with E-state index in [1.807, 2.05) is 0 Å². The van der Waals surface area contributed by atoms with Gasteiger partial charge in [-0.1, -0.05) is 79.4 Å². The number of amides is 1. The Labute approximate surface area is 210 Å². The Balaban J connectivity index is 1.54. The van der Waals surface area contributed by atoms with Gasteiger partial charge in [0.2, 0.25) is 5.91 Å². The Bertz CT molecular complexity index is 838. The normalized spacial score (nSPS) is 40.9. The molecule has 0 unspecified atom stereocenters. The highest BCUT2D eigenvalue weighted by molar-refractivity contribution is 5.94. The zero-order valence-corrected chi connectivity index (χ0v) is 23.5. The number of carbonyl (C=O) groups excluding carboxylic acids is 1. The van der Waals surface area contributed by atoms with Gasteiger partial charge in [0.05, 0.1) is 0 Å². The van der Waals surface area contributed by atoms with Crippen LogP contribution >= 0.6 is 0 Å². The average Bonchev–Trinajstić information content (AvgIpc) is 3.09. The molecule has 0 aliphatic heterocycles. The van der Waals surface area contributed by atoms with Crippen LogP contribution in [-0.4, -0.2) is 11.6 Å². The first-order valence-electron chi connectivity index (χ1n) is 14.5. The molecule has 0 aromatic heterocycles. The molecule has 0 bridgehead atoms. The molecule has 3 nitrogen and oxygen atoms in total. The van der Waals surface area contributed by atoms with Gasteiger partial charge in [-0.15, -0.1) is 0 Å². The minimum Gasteiger partial charge on any atom is -0.274 e. The number of allylic oxidation sites excluding steroid dienone is 2. The van der Waals surface area contributed by atoms with E-state index < -0.39 is 0 Å². The fourth-order valence-corrected chi connectivity index (χ4v) is 9.60. The third-order valence-corrected chi connectivity index (χ3v) is 11.3. The summed E-state index contributed by atoms with van der Waals surface area (Å²) in [4.78, 5) is 11.5. The first kappa shape index (κ1) is 26.0. The van der Waals surface area contributed by atoms with Crippen molar-refractivity contribution in [3.8, 4) is 0 Å². The van der Waals surface area contributed by atoms with Crippen molar-refractivity contribution in [3.05, 3.63) is 11.6 Å². The van der Waals surface area contributed by atoms with Gasteiger partial charge in [0.1, 0.15) is 0 Å². The number of nitrogens with zero attached hydrogens (tertiary/aromatic N) is 1. The Hall–Kier alpha value is -1.12. The molecule has 3 saturated carbocycles. The van der Waals surface area contributed by atoms with Crippen LogP contribution in [0.2, 0.25) is 0 Å². The van der Waals surface area contributed by atoms with E-state index in [1.165, 1.54) is 57.8 Å². The summed E-state index contributed by atoms with van der Waals surface area (Å²) in [5.41, 5.74) is 6.25. The van der Waals surface area contributed by atoms with Crippen molar-refractivity contribution in [2.24, 2.45) is 56.9 Å². The molecule has 0 heterocycles. The summed E-state index contributed by atoms with van der Waals surface area (Å²) in [6.07, 6.45) is 16.0. The van der Waals surface area contributed by atoms with E-state index >= 15 is 0 Å². The third kappa shape index (κ3) is 4.32. The largest absolute Gasteiger partial charge is 0.274 e. The predicted molar refractivity (Wildman–Crippen MR) is 143 cm³/mol. The molecule has 4 aliphatic carbocycles. The molecular weight excluding hydrogens is 416 g/mol. The van der Waals surface area contributed by atoms with Crippen LogP contribution in [0.4, 0.5) is 0 Å². The molecule has 4 rings (SSSR count). The molecule has 3 fully saturated rings. The SMILES string of the molecule is CC(=O)N/N=C1/CC[C@@]2(C)C(=CC[C@H]3[C@@H]4CC[C@H]([C@H](C)CCCC(C)C)[C@@]4(C)CC[C@@H]32)C1(C)C. The quantitative estimate of drug-likeness (QED) is 0.310. The van der Waals surface area contributed by atoms with Crippen molar-refractivity contribution in [2.75, 3.05) is 0 Å². The van der Waals surface area contributed by atoms with E-state index in [1.54, 1.807) is 12.5 Å². The monoisotopic (exact) mass is 468 g/mol. The molecular formula is C31H52N2O. The lowest BCUT2D eigenvalue weighted by Crippen LogP contribution is -2.54. The summed E-state index contributed by atoms with van der Waals surface area (Å²) in [6, 6.07) is 0. The molecule has 7 atom stereocenters. The first-order valence-corrected chi connectivity index (χ1v) is 14.5. The van der Waals surface area contributed by atoms with Gasteiger partial charge in [-0.25, -0.2) is 5.43 Å². The van der Waals surface area contributed by atoms with Gasteiger partial charge in [0.15, 0.2) is 0 Å². The number of hydrazone groups is 1. The summed E-state index contributed by atoms with van der Waals surface area (Å²) in [5.74, 6) is 5.11. The molecule has 1 amide bonds. The van der Waals surface area contributed by atoms with Gasteiger partial charge in [-0.2, -0.15) is 5.10 Å². The van der Waals surface area contributed by atoms with E-state index in [2.05, 4.69) is 65.1 Å². The maximum absolute atomic E-state index is 11.5. The molecule has 0 aromatic carbocycles. The van der Waals surface area contributed by atoms with Gasteiger partial charge < -0.3 is 0 Å². The molecule has 0 saturated heterocycles. The maximum Gasteiger partial charge on any atom is 0.236 e. The standard InChI is InChI=1S/C31H52N2O/c1-20(2)10-9-11-21(3)24-13-14-25-23-12-15-27-29(5,6)28(33-32-22(4)34)17-19-31(27,8)26(23)16-18-30(24,25)7/h15,20-21,23-26H,9-14,16-19H2,1-8H3,(H,32,34)/b33-28-/t21-,23+,24-,25+,26+,30-,31-/m1/s1. The molecule has 0 radical (unpaired) electrons. The lowest BCUT2D eigenvalue weighted by molar-refractivity contribution is -0.118. The fraction of sp³-hybridized carbons (Fsp3) is 0.871. The van der Waals surface area contributed by atoms with Crippen LogP contribution in [-0.2, 0) is 4.79 Å². The van der Waals surface area contributed by atoms with Gasteiger partial charge in [-0.3, -0.25) is 4.79 Å². The van der Waals surface area contributed by atoms with Crippen LogP contribution in [0.15, 0.2) is 16.8 Å². The first-order chi connectivity index (χ1) is 15.9. The number of rotatable bonds is 6. The van der Waals surface area contributed by atoms with Crippen LogP contribution in [0.3, 0.4) is 0 Å². The van der Waals surface area contributed by atoms with E-state index in [4.69, 9.17) is 0 Å². The van der Waals surface area contributed by atoms with Crippen LogP contribution < -0.4 is 5.43 Å². The Morgan fingerprint density at radius 2 is 1.79 bits per heavy atom. The highest BCUT2D eigenvalue weighted by Crippen LogP contribution is 2.68. The lowest BCUT2D eigenvalue weighted by atomic mass is 9.44. The Kier molecular flexibility index (Phi) is 7.17. The zero-order chi connectivity index (χ0) is 24.9. The fourth-order valence-electron chi connectivity index (χ4n) is 9.60. The molecule has 4 aliphatic rings. The summed E-state index contributed by atoms with van der Waals surface area (Å²) < 4.78 is 0. The second kappa shape index (κ2) is 9.40. The highest BCUT2D eigenvalue weighted by atomic mass is 16.2. The average molecular weight is 469 g/mol. The smallest absolute Gasteiger partial charge is 0.236 e. The summed E-state index contributed by atoms with van der Waals surface area (Å²) in [7, 11) is 0. The number of hydrogen-bond acceptors (Lipinski definition) is 2. The van der Waals surface area contributed by atoms with Gasteiger partial charge in [0, 0.05) is 18.1 Å². The van der Waals surface area contributed by atoms with Crippen molar-refractivity contribution in [3.63, 3.8) is 0 Å². The predicted octanol–water partition coefficient (Wildman–Crippen LogP) is 8.16. The van der Waals surface area contributed by atoms with Gasteiger partial charge >= 0.3 is 0 Å². The number of carbonyl (C=O) groups is 1. The molecule has 3 heteroatoms. The van der Waals surface area contributed by atoms with Crippen LogP contribution in [0.25, 0.3) is 0 Å². The van der Waals surface area contributed by atoms with E-state index in [9.17, 15) is 4.79 Å². The van der Waals surface area contributed by atoms with E-state index in [0.29, 0.717) is 5.41 Å². The summed E-state index contributed by atoms with van der Waals surface area (Å²) >= 11 is 0. The second-order valence-electron chi connectivity index (χ2n) is 14.0. The maximum atomic E-state index is 11.5. The zero-order valence-electron chi connectivity index (χ0n) is 23.5. The summed E-state index contributed by atoms with van der Waals surface area (Å²) in [5, 5.41) is 4.57. The molecule has 0 aromatic rings. The van der Waals surface area contributed by atoms with Crippen molar-refractivity contribution in [2.45, 2.75) is 120 Å². The van der Waals surface area contributed by atoms with Gasteiger partial charge in [0.25, 0.3) is 0 Å². The number of nitrogens with one attached hydrogen (secondary N) is 1. The Morgan fingerprint density at radius 1 is 1.06 bits per heavy atom. The van der Waals surface area contributed by atoms with Crippen molar-refractivity contribution in [1.82, 2.24) is 5.43 Å². The molecule has 34 heavy (non-hydrogen) atoms. The van der Waals surface area contributed by atoms with Crippen LogP contribution in [0.1, 0.15) is 120 Å². The van der Waals surface area contributed by atoms with Crippen molar-refractivity contribution in [1.29, 1.82) is 0 Å². The Morgan fingerprint density at radius 3 is 2.47 bits per heavy atom. The van der Waals surface area contributed by atoms with Gasteiger partial charge in [-0.05, 0) is 91.3 Å². The summed E-state index contributed by atoms with van der Waals surface area (Å²) in [6.45, 7) is 18.8. The minimum atomic E-state index is -0.0740. The second-order valence-corrected chi connectivity index (χ2v) is 14.0. The molecule has 192 valence electrons. The van der Waals surface area contributed by atoms with E-state index in [0.717, 1.165) is 47.6 Å². The highest BCUT2D eigenvalue weighted by Gasteiger charge is 2.60. The van der Waals surface area contributed by atoms with E-state index in [-0.39, 0.29) is 16.7 Å². The van der Waals surface area contributed by atoms with Crippen LogP contribution in [0.5, 0.6) is 0 Å². The topological polar surface area (TPSA) is 41.5 Å². The lowest BCUT2D eigenvalue weighted by Gasteiger charge is -2.60.